The van der Waals surface area contributed by atoms with Crippen molar-refractivity contribution >= 4 is 16.6 Å². The van der Waals surface area contributed by atoms with Crippen molar-refractivity contribution in [3.8, 4) is 0 Å². The molecule has 0 aliphatic carbocycles. The van der Waals surface area contributed by atoms with Crippen LogP contribution in [0.1, 0.15) is 23.2 Å². The van der Waals surface area contributed by atoms with Crippen LogP contribution in [0.25, 0.3) is 10.8 Å². The second-order valence-electron chi connectivity index (χ2n) is 4.27. The molecule has 1 unspecified atom stereocenters. The normalized spacial score (nSPS) is 19.6. The monoisotopic (exact) mass is 227 g/mol. The number of ketones is 1. The highest BCUT2D eigenvalue weighted by atomic mass is 16.5. The number of ether oxygens (including phenoxy) is 1. The summed E-state index contributed by atoms with van der Waals surface area (Å²) in [5, 5.41) is 1.96. The zero-order valence-corrected chi connectivity index (χ0v) is 9.43. The lowest BCUT2D eigenvalue weighted by Crippen LogP contribution is -2.19. The number of rotatable bonds is 2. The molecule has 0 saturated carbocycles. The molecule has 1 aromatic carbocycles. The SMILES string of the molecule is O=C(c1cccc2cnccc12)C1CCCO1. The molecule has 3 rings (SSSR count). The summed E-state index contributed by atoms with van der Waals surface area (Å²) >= 11 is 0. The van der Waals surface area contributed by atoms with Gasteiger partial charge in [0.15, 0.2) is 5.78 Å². The third kappa shape index (κ3) is 1.83. The first-order valence-corrected chi connectivity index (χ1v) is 5.85. The molecule has 1 aliphatic rings. The molecule has 2 aromatic rings. The van der Waals surface area contributed by atoms with Gasteiger partial charge in [0, 0.05) is 30.0 Å². The van der Waals surface area contributed by atoms with Crippen LogP contribution in [0.2, 0.25) is 0 Å². The fourth-order valence-electron chi connectivity index (χ4n) is 2.30. The number of benzene rings is 1. The van der Waals surface area contributed by atoms with Crippen molar-refractivity contribution in [2.24, 2.45) is 0 Å². The lowest BCUT2D eigenvalue weighted by molar-refractivity contribution is 0.0644. The van der Waals surface area contributed by atoms with Crippen LogP contribution in [-0.4, -0.2) is 23.5 Å². The van der Waals surface area contributed by atoms with Gasteiger partial charge in [-0.1, -0.05) is 18.2 Å². The Balaban J connectivity index is 2.07. The molecule has 1 aromatic heterocycles. The van der Waals surface area contributed by atoms with Gasteiger partial charge < -0.3 is 4.74 Å². The van der Waals surface area contributed by atoms with Crippen molar-refractivity contribution in [2.75, 3.05) is 6.61 Å². The summed E-state index contributed by atoms with van der Waals surface area (Å²) in [7, 11) is 0. The van der Waals surface area contributed by atoms with Crippen LogP contribution < -0.4 is 0 Å². The smallest absolute Gasteiger partial charge is 0.192 e. The predicted molar refractivity (Wildman–Crippen MR) is 65.0 cm³/mol. The molecule has 1 saturated heterocycles. The van der Waals surface area contributed by atoms with Crippen LogP contribution in [0, 0.1) is 0 Å². The molecule has 1 aliphatic heterocycles. The number of pyridine rings is 1. The van der Waals surface area contributed by atoms with Gasteiger partial charge in [0.1, 0.15) is 6.10 Å². The van der Waals surface area contributed by atoms with Gasteiger partial charge in [-0.25, -0.2) is 0 Å². The molecule has 1 atom stereocenters. The molecule has 17 heavy (non-hydrogen) atoms. The summed E-state index contributed by atoms with van der Waals surface area (Å²) in [6, 6.07) is 7.62. The number of nitrogens with zero attached hydrogens (tertiary/aromatic N) is 1. The highest BCUT2D eigenvalue weighted by molar-refractivity contribution is 6.10. The maximum absolute atomic E-state index is 12.3. The Bertz CT molecular complexity index is 554. The quantitative estimate of drug-likeness (QED) is 0.740. The molecule has 2 heterocycles. The van der Waals surface area contributed by atoms with Gasteiger partial charge in [-0.3, -0.25) is 9.78 Å². The first kappa shape index (κ1) is 10.4. The van der Waals surface area contributed by atoms with Crippen molar-refractivity contribution < 1.29 is 9.53 Å². The van der Waals surface area contributed by atoms with E-state index in [2.05, 4.69) is 4.98 Å². The summed E-state index contributed by atoms with van der Waals surface area (Å²) in [4.78, 5) is 16.4. The third-order valence-corrected chi connectivity index (χ3v) is 3.17. The summed E-state index contributed by atoms with van der Waals surface area (Å²) in [5.74, 6) is 0.0966. The number of fused-ring (bicyclic) bond motifs is 1. The molecule has 0 spiro atoms. The topological polar surface area (TPSA) is 39.2 Å². The van der Waals surface area contributed by atoms with Gasteiger partial charge in [-0.2, -0.15) is 0 Å². The fraction of sp³-hybridized carbons (Fsp3) is 0.286. The van der Waals surface area contributed by atoms with E-state index in [1.807, 2.05) is 24.3 Å². The van der Waals surface area contributed by atoms with Crippen molar-refractivity contribution in [3.05, 3.63) is 42.2 Å². The summed E-state index contributed by atoms with van der Waals surface area (Å²) in [5.41, 5.74) is 0.747. The minimum absolute atomic E-state index is 0.0966. The van der Waals surface area contributed by atoms with Gasteiger partial charge in [0.05, 0.1) is 0 Å². The fourth-order valence-corrected chi connectivity index (χ4v) is 2.30. The minimum atomic E-state index is -0.256. The first-order valence-electron chi connectivity index (χ1n) is 5.85. The van der Waals surface area contributed by atoms with Crippen LogP contribution in [0.3, 0.4) is 0 Å². The van der Waals surface area contributed by atoms with E-state index in [0.717, 1.165) is 29.2 Å². The Labute approximate surface area is 99.4 Å². The predicted octanol–water partition coefficient (Wildman–Crippen LogP) is 2.60. The van der Waals surface area contributed by atoms with Gasteiger partial charge >= 0.3 is 0 Å². The van der Waals surface area contributed by atoms with E-state index in [0.29, 0.717) is 6.61 Å². The molecule has 0 bridgehead atoms. The summed E-state index contributed by atoms with van der Waals surface area (Å²) < 4.78 is 5.45. The van der Waals surface area contributed by atoms with Gasteiger partial charge in [0.2, 0.25) is 0 Å². The number of carbonyl (C=O) groups is 1. The van der Waals surface area contributed by atoms with E-state index in [-0.39, 0.29) is 11.9 Å². The maximum atomic E-state index is 12.3. The van der Waals surface area contributed by atoms with Crippen molar-refractivity contribution in [1.82, 2.24) is 4.98 Å². The second-order valence-corrected chi connectivity index (χ2v) is 4.27. The van der Waals surface area contributed by atoms with E-state index in [9.17, 15) is 4.79 Å². The molecular weight excluding hydrogens is 214 g/mol. The molecule has 0 N–H and O–H groups in total. The zero-order chi connectivity index (χ0) is 11.7. The number of Topliss-reactive ketones (excluding diaryl/α,β-unsaturated/α-hetero) is 1. The van der Waals surface area contributed by atoms with Crippen molar-refractivity contribution in [1.29, 1.82) is 0 Å². The van der Waals surface area contributed by atoms with E-state index in [4.69, 9.17) is 4.74 Å². The number of carbonyl (C=O) groups excluding carboxylic acids is 1. The molecule has 86 valence electrons. The number of aromatic nitrogens is 1. The highest BCUT2D eigenvalue weighted by Crippen LogP contribution is 2.23. The molecule has 0 radical (unpaired) electrons. The van der Waals surface area contributed by atoms with Crippen molar-refractivity contribution in [2.45, 2.75) is 18.9 Å². The van der Waals surface area contributed by atoms with Gasteiger partial charge in [-0.05, 0) is 24.3 Å². The van der Waals surface area contributed by atoms with Crippen LogP contribution in [0.5, 0.6) is 0 Å². The number of hydrogen-bond acceptors (Lipinski definition) is 3. The molecule has 3 nitrogen and oxygen atoms in total. The van der Waals surface area contributed by atoms with Gasteiger partial charge in [0.25, 0.3) is 0 Å². The Morgan fingerprint density at radius 2 is 2.29 bits per heavy atom. The Morgan fingerprint density at radius 1 is 1.35 bits per heavy atom. The van der Waals surface area contributed by atoms with Crippen molar-refractivity contribution in [3.63, 3.8) is 0 Å². The van der Waals surface area contributed by atoms with E-state index < -0.39 is 0 Å². The Morgan fingerprint density at radius 3 is 3.12 bits per heavy atom. The van der Waals surface area contributed by atoms with Crippen LogP contribution in [0.4, 0.5) is 0 Å². The minimum Gasteiger partial charge on any atom is -0.370 e. The van der Waals surface area contributed by atoms with Crippen LogP contribution in [0.15, 0.2) is 36.7 Å². The zero-order valence-electron chi connectivity index (χ0n) is 9.43. The molecule has 3 heteroatoms. The second kappa shape index (κ2) is 4.26. The maximum Gasteiger partial charge on any atom is 0.192 e. The largest absolute Gasteiger partial charge is 0.370 e. The summed E-state index contributed by atoms with van der Waals surface area (Å²) in [6.45, 7) is 0.697. The van der Waals surface area contributed by atoms with E-state index in [1.165, 1.54) is 0 Å². The highest BCUT2D eigenvalue weighted by Gasteiger charge is 2.25. The first-order chi connectivity index (χ1) is 8.36. The van der Waals surface area contributed by atoms with Crippen LogP contribution >= 0.6 is 0 Å². The molecule has 0 amide bonds. The van der Waals surface area contributed by atoms with Gasteiger partial charge in [-0.15, -0.1) is 0 Å². The molecule has 1 fully saturated rings. The lowest BCUT2D eigenvalue weighted by Gasteiger charge is -2.10. The summed E-state index contributed by atoms with van der Waals surface area (Å²) in [6.07, 6.45) is 5.05. The third-order valence-electron chi connectivity index (χ3n) is 3.17. The van der Waals surface area contributed by atoms with Crippen LogP contribution in [-0.2, 0) is 4.74 Å². The van der Waals surface area contributed by atoms with E-state index >= 15 is 0 Å². The van der Waals surface area contributed by atoms with E-state index in [1.54, 1.807) is 12.4 Å². The standard InChI is InChI=1S/C14H13NO2/c16-14(13-5-2-8-17-13)12-4-1-3-10-9-15-7-6-11(10)12/h1,3-4,6-7,9,13H,2,5,8H2. The molecular formula is C14H13NO2. The average molecular weight is 227 g/mol. The number of hydrogen-bond donors (Lipinski definition) is 0. The Hall–Kier alpha value is -1.74. The Kier molecular flexibility index (Phi) is 2.61. The lowest BCUT2D eigenvalue weighted by atomic mass is 9.99. The average Bonchev–Trinajstić information content (AvgIpc) is 2.91.